The van der Waals surface area contributed by atoms with Gasteiger partial charge in [0.15, 0.2) is 0 Å². The molecular formula is C19H31NO. The largest absolute Gasteiger partial charge is 0.493 e. The van der Waals surface area contributed by atoms with Crippen LogP contribution in [-0.4, -0.2) is 31.1 Å². The molecule has 0 atom stereocenters. The van der Waals surface area contributed by atoms with Crippen molar-refractivity contribution in [1.29, 1.82) is 0 Å². The first-order valence-corrected chi connectivity index (χ1v) is 8.60. The van der Waals surface area contributed by atoms with Gasteiger partial charge in [0.2, 0.25) is 0 Å². The van der Waals surface area contributed by atoms with Crippen LogP contribution in [0.25, 0.3) is 0 Å². The van der Waals surface area contributed by atoms with Crippen LogP contribution in [-0.2, 0) is 0 Å². The molecule has 2 rings (SSSR count). The Balaban J connectivity index is 1.61. The number of piperidine rings is 1. The average molecular weight is 289 g/mol. The van der Waals surface area contributed by atoms with Gasteiger partial charge in [-0.2, -0.15) is 0 Å². The fraction of sp³-hybridized carbons (Fsp3) is 0.684. The highest BCUT2D eigenvalue weighted by Gasteiger charge is 2.09. The van der Waals surface area contributed by atoms with Gasteiger partial charge >= 0.3 is 0 Å². The summed E-state index contributed by atoms with van der Waals surface area (Å²) in [6, 6.07) is 4.39. The molecule has 1 aliphatic rings. The molecule has 1 aromatic rings. The number of rotatable bonds is 7. The maximum Gasteiger partial charge on any atom is 0.122 e. The average Bonchev–Trinajstić information content (AvgIpc) is 2.48. The van der Waals surface area contributed by atoms with Crippen molar-refractivity contribution in [2.45, 2.75) is 59.3 Å². The van der Waals surface area contributed by atoms with E-state index >= 15 is 0 Å². The molecule has 0 amide bonds. The molecule has 0 aliphatic carbocycles. The summed E-state index contributed by atoms with van der Waals surface area (Å²) in [5.41, 5.74) is 3.90. The summed E-state index contributed by atoms with van der Waals surface area (Å²) in [6.07, 6.45) is 7.99. The first-order valence-electron chi connectivity index (χ1n) is 8.60. The maximum atomic E-state index is 5.98. The van der Waals surface area contributed by atoms with Crippen LogP contribution in [0.5, 0.6) is 5.75 Å². The first-order chi connectivity index (χ1) is 10.2. The second-order valence-electron chi connectivity index (χ2n) is 6.52. The van der Waals surface area contributed by atoms with Crippen molar-refractivity contribution in [2.75, 3.05) is 26.2 Å². The highest BCUT2D eigenvalue weighted by molar-refractivity contribution is 5.41. The second-order valence-corrected chi connectivity index (χ2v) is 6.52. The topological polar surface area (TPSA) is 12.5 Å². The fourth-order valence-electron chi connectivity index (χ4n) is 3.13. The summed E-state index contributed by atoms with van der Waals surface area (Å²) in [6.45, 7) is 11.2. The maximum absolute atomic E-state index is 5.98. The van der Waals surface area contributed by atoms with Gasteiger partial charge in [-0.05, 0) is 95.3 Å². The van der Waals surface area contributed by atoms with E-state index < -0.39 is 0 Å². The number of benzene rings is 1. The van der Waals surface area contributed by atoms with Crippen molar-refractivity contribution >= 4 is 0 Å². The number of nitrogens with zero attached hydrogens (tertiary/aromatic N) is 1. The van der Waals surface area contributed by atoms with Gasteiger partial charge in [0.05, 0.1) is 6.61 Å². The zero-order chi connectivity index (χ0) is 15.1. The molecule has 2 nitrogen and oxygen atoms in total. The van der Waals surface area contributed by atoms with E-state index in [1.807, 2.05) is 0 Å². The predicted molar refractivity (Wildman–Crippen MR) is 90.3 cm³/mol. The molecule has 118 valence electrons. The number of unbranched alkanes of at least 4 members (excludes halogenated alkanes) is 2. The lowest BCUT2D eigenvalue weighted by molar-refractivity contribution is 0.221. The Hall–Kier alpha value is -1.02. The minimum absolute atomic E-state index is 0.851. The SMILES string of the molecule is Cc1cc(C)c(C)c(OCCCCCN2CCCCC2)c1. The third kappa shape index (κ3) is 5.35. The van der Waals surface area contributed by atoms with E-state index in [0.29, 0.717) is 0 Å². The molecule has 0 radical (unpaired) electrons. The van der Waals surface area contributed by atoms with Gasteiger partial charge in [-0.3, -0.25) is 0 Å². The van der Waals surface area contributed by atoms with Crippen LogP contribution >= 0.6 is 0 Å². The molecule has 1 saturated heterocycles. The fourth-order valence-corrected chi connectivity index (χ4v) is 3.13. The number of ether oxygens (including phenoxy) is 1. The Labute approximate surface area is 130 Å². The molecule has 1 aliphatic heterocycles. The molecule has 1 heterocycles. The lowest BCUT2D eigenvalue weighted by Crippen LogP contribution is -2.30. The second kappa shape index (κ2) is 8.43. The number of aryl methyl sites for hydroxylation is 2. The van der Waals surface area contributed by atoms with E-state index in [1.54, 1.807) is 0 Å². The Kier molecular flexibility index (Phi) is 6.56. The van der Waals surface area contributed by atoms with E-state index in [9.17, 15) is 0 Å². The zero-order valence-electron chi connectivity index (χ0n) is 14.1. The normalized spacial score (nSPS) is 16.1. The lowest BCUT2D eigenvalue weighted by Gasteiger charge is -2.26. The highest BCUT2D eigenvalue weighted by Crippen LogP contribution is 2.23. The molecule has 1 aromatic carbocycles. The molecule has 2 heteroatoms. The van der Waals surface area contributed by atoms with Crippen molar-refractivity contribution in [3.63, 3.8) is 0 Å². The van der Waals surface area contributed by atoms with Gasteiger partial charge < -0.3 is 9.64 Å². The minimum Gasteiger partial charge on any atom is -0.493 e. The Morgan fingerprint density at radius 1 is 0.952 bits per heavy atom. The molecular weight excluding hydrogens is 258 g/mol. The Morgan fingerprint density at radius 2 is 1.71 bits per heavy atom. The minimum atomic E-state index is 0.851. The van der Waals surface area contributed by atoms with Crippen LogP contribution in [0.3, 0.4) is 0 Å². The van der Waals surface area contributed by atoms with Gasteiger partial charge in [-0.15, -0.1) is 0 Å². The van der Waals surface area contributed by atoms with Crippen molar-refractivity contribution in [3.8, 4) is 5.75 Å². The van der Waals surface area contributed by atoms with Crippen LogP contribution in [0.15, 0.2) is 12.1 Å². The molecule has 0 N–H and O–H groups in total. The van der Waals surface area contributed by atoms with Gasteiger partial charge in [0, 0.05) is 0 Å². The van der Waals surface area contributed by atoms with Gasteiger partial charge in [0.25, 0.3) is 0 Å². The summed E-state index contributed by atoms with van der Waals surface area (Å²) in [4.78, 5) is 2.62. The molecule has 21 heavy (non-hydrogen) atoms. The predicted octanol–water partition coefficient (Wildman–Crippen LogP) is 4.65. The van der Waals surface area contributed by atoms with Gasteiger partial charge in [-0.25, -0.2) is 0 Å². The van der Waals surface area contributed by atoms with E-state index in [1.165, 1.54) is 74.8 Å². The molecule has 0 unspecified atom stereocenters. The highest BCUT2D eigenvalue weighted by atomic mass is 16.5. The molecule has 1 fully saturated rings. The summed E-state index contributed by atoms with van der Waals surface area (Å²) >= 11 is 0. The Bertz CT molecular complexity index is 435. The monoisotopic (exact) mass is 289 g/mol. The lowest BCUT2D eigenvalue weighted by atomic mass is 10.1. The first kappa shape index (κ1) is 16.4. The molecule has 0 saturated carbocycles. The van der Waals surface area contributed by atoms with E-state index in [0.717, 1.165) is 12.4 Å². The number of hydrogen-bond acceptors (Lipinski definition) is 2. The smallest absolute Gasteiger partial charge is 0.122 e. The summed E-state index contributed by atoms with van der Waals surface area (Å²) in [5, 5.41) is 0. The summed E-state index contributed by atoms with van der Waals surface area (Å²) in [5.74, 6) is 1.07. The van der Waals surface area contributed by atoms with E-state index in [2.05, 4.69) is 37.8 Å². The standard InChI is InChI=1S/C19H31NO/c1-16-14-17(2)18(3)19(15-16)21-13-9-5-8-12-20-10-6-4-7-11-20/h14-15H,4-13H2,1-3H3. The van der Waals surface area contributed by atoms with Crippen molar-refractivity contribution in [2.24, 2.45) is 0 Å². The van der Waals surface area contributed by atoms with Crippen molar-refractivity contribution in [3.05, 3.63) is 28.8 Å². The van der Waals surface area contributed by atoms with E-state index in [4.69, 9.17) is 4.74 Å². The van der Waals surface area contributed by atoms with Gasteiger partial charge in [0.1, 0.15) is 5.75 Å². The van der Waals surface area contributed by atoms with Crippen LogP contribution in [0.2, 0.25) is 0 Å². The van der Waals surface area contributed by atoms with Crippen molar-refractivity contribution < 1.29 is 4.74 Å². The van der Waals surface area contributed by atoms with E-state index in [-0.39, 0.29) is 0 Å². The zero-order valence-corrected chi connectivity index (χ0v) is 14.1. The number of hydrogen-bond donors (Lipinski definition) is 0. The third-order valence-corrected chi connectivity index (χ3v) is 4.59. The third-order valence-electron chi connectivity index (χ3n) is 4.59. The van der Waals surface area contributed by atoms with Crippen LogP contribution in [0, 0.1) is 20.8 Å². The Morgan fingerprint density at radius 3 is 2.48 bits per heavy atom. The number of likely N-dealkylation sites (tertiary alicyclic amines) is 1. The van der Waals surface area contributed by atoms with Crippen LogP contribution in [0.4, 0.5) is 0 Å². The summed E-state index contributed by atoms with van der Waals surface area (Å²) in [7, 11) is 0. The quantitative estimate of drug-likeness (QED) is 0.678. The van der Waals surface area contributed by atoms with Crippen LogP contribution < -0.4 is 4.74 Å². The van der Waals surface area contributed by atoms with Crippen LogP contribution in [0.1, 0.15) is 55.2 Å². The van der Waals surface area contributed by atoms with Gasteiger partial charge in [-0.1, -0.05) is 12.5 Å². The molecule has 0 bridgehead atoms. The molecule has 0 spiro atoms. The molecule has 0 aromatic heterocycles. The van der Waals surface area contributed by atoms with Crippen molar-refractivity contribution in [1.82, 2.24) is 4.90 Å². The summed E-state index contributed by atoms with van der Waals surface area (Å²) < 4.78 is 5.98.